The molecule has 6 heteroatoms. The third-order valence-corrected chi connectivity index (χ3v) is 31.1. The van der Waals surface area contributed by atoms with Gasteiger partial charge in [0.2, 0.25) is 0 Å². The van der Waals surface area contributed by atoms with Crippen LogP contribution in [0.1, 0.15) is 45.2 Å². The van der Waals surface area contributed by atoms with Gasteiger partial charge in [-0.3, -0.25) is 0 Å². The van der Waals surface area contributed by atoms with Crippen molar-refractivity contribution < 1.29 is 0 Å². The number of fused-ring (bicyclic) bond motifs is 3. The van der Waals surface area contributed by atoms with Crippen LogP contribution in [0, 0.1) is 0 Å². The molecule has 0 aliphatic heterocycles. The molecule has 17 aromatic rings. The molecule has 101 heavy (non-hydrogen) atoms. The van der Waals surface area contributed by atoms with E-state index in [1.165, 1.54) is 102 Å². The summed E-state index contributed by atoms with van der Waals surface area (Å²) in [6, 6.07) is 145. The normalized spacial score (nSPS) is 13.7. The van der Waals surface area contributed by atoms with Crippen LogP contribution in [0.2, 0.25) is 0 Å². The second kappa shape index (κ2) is 24.8. The Morgan fingerprint density at radius 2 is 0.594 bits per heavy atom. The van der Waals surface area contributed by atoms with E-state index in [2.05, 4.69) is 393 Å². The van der Waals surface area contributed by atoms with Gasteiger partial charge in [0.05, 0.1) is 16.7 Å². The lowest BCUT2D eigenvalue weighted by Crippen LogP contribution is -2.75. The number of hydrogen-bond donors (Lipinski definition) is 0. The predicted octanol–water partition coefficient (Wildman–Crippen LogP) is 17.0. The summed E-state index contributed by atoms with van der Waals surface area (Å²) in [5.41, 5.74) is 18.9. The molecule has 474 valence electrons. The summed E-state index contributed by atoms with van der Waals surface area (Å²) in [6.45, 7) is 0. The Morgan fingerprint density at radius 1 is 0.228 bits per heavy atom. The zero-order valence-corrected chi connectivity index (χ0v) is 57.4. The summed E-state index contributed by atoms with van der Waals surface area (Å²) < 4.78 is 2.38. The van der Waals surface area contributed by atoms with E-state index in [-0.39, 0.29) is 11.8 Å². The highest BCUT2D eigenvalue weighted by atomic mass is 28.3. The Balaban J connectivity index is 0.824. The van der Waals surface area contributed by atoms with Crippen LogP contribution in [0.4, 0.5) is 0 Å². The minimum atomic E-state index is -3.18. The Morgan fingerprint density at radius 3 is 1.18 bits per heavy atom. The summed E-state index contributed by atoms with van der Waals surface area (Å²) in [5, 5.41) is 13.0. The van der Waals surface area contributed by atoms with Gasteiger partial charge in [-0.15, -0.1) is 0 Å². The molecule has 4 nitrogen and oxygen atoms in total. The number of para-hydroxylation sites is 3. The van der Waals surface area contributed by atoms with E-state index in [4.69, 9.17) is 15.0 Å². The molecule has 2 aromatic heterocycles. The van der Waals surface area contributed by atoms with Crippen molar-refractivity contribution >= 4 is 79.4 Å². The standard InChI is InChI=1S/C95H66N4Si2/c1-7-32-65(33-8-1)66-34-28-49-76(63-66)101(73-44-15-5-16-45-73,74-46-17-6-18-47-74)88-61-31-57-84-89-80-52-19-20-53-81(80)92(91(84)88)90-77(55-30-56-83(89)90)67-35-27-36-68(62-67)93-96-94(98-95(97-93)82-54-23-26-60-87(82)99-85-58-24-21-50-78(85)79-51-22-25-59-86(79)99)69-37-29-48-75(64-69)100(70-38-9-2-10-39-70,71-40-11-3-12-41-71)72-42-13-4-14-43-72/h1-64,89,92H. The van der Waals surface area contributed by atoms with Gasteiger partial charge >= 0.3 is 0 Å². The predicted molar refractivity (Wildman–Crippen MR) is 423 cm³/mol. The van der Waals surface area contributed by atoms with Crippen LogP contribution in [0.5, 0.6) is 0 Å². The first kappa shape index (κ1) is 59.8. The van der Waals surface area contributed by atoms with E-state index >= 15 is 0 Å². The van der Waals surface area contributed by atoms with Crippen LogP contribution in [0.25, 0.3) is 83.9 Å². The third-order valence-electron chi connectivity index (χ3n) is 21.5. The van der Waals surface area contributed by atoms with Crippen molar-refractivity contribution in [1.29, 1.82) is 0 Å². The van der Waals surface area contributed by atoms with Gasteiger partial charge in [-0.05, 0) is 127 Å². The quantitative estimate of drug-likeness (QED) is 0.0805. The van der Waals surface area contributed by atoms with E-state index in [9.17, 15) is 0 Å². The zero-order valence-electron chi connectivity index (χ0n) is 55.4. The Kier molecular flexibility index (Phi) is 14.7. The third kappa shape index (κ3) is 9.66. The molecule has 0 amide bonds. The van der Waals surface area contributed by atoms with E-state index in [0.29, 0.717) is 17.5 Å². The number of benzene rings is 15. The minimum Gasteiger partial charge on any atom is -0.309 e. The molecule has 15 aromatic carbocycles. The SMILES string of the molecule is c1ccc(-c2cccc([Si](c3ccccc3)(c3ccccc3)c3cccc4c3C3c5ccccc5C4c4cccc(-c5cccc(-c6nc(-c7cccc([Si](c8ccccc8)(c8ccccc8)c8ccccc8)c7)nc(-c7ccccc7-n7c8ccccc8c8ccccc87)n6)c5)c43)c2)cc1. The first-order chi connectivity index (χ1) is 50.1. The summed E-state index contributed by atoms with van der Waals surface area (Å²) in [5.74, 6) is 1.69. The maximum atomic E-state index is 5.69. The highest BCUT2D eigenvalue weighted by Crippen LogP contribution is 2.58. The average Bonchev–Trinajstić information content (AvgIpc) is 0.804. The van der Waals surface area contributed by atoms with Gasteiger partial charge in [0.25, 0.3) is 0 Å². The van der Waals surface area contributed by atoms with Crippen molar-refractivity contribution in [2.45, 2.75) is 11.8 Å². The lowest BCUT2D eigenvalue weighted by Gasteiger charge is -2.47. The number of aromatic nitrogens is 4. The van der Waals surface area contributed by atoms with Crippen LogP contribution in [-0.2, 0) is 0 Å². The van der Waals surface area contributed by atoms with Crippen molar-refractivity contribution in [3.63, 3.8) is 0 Å². The molecule has 2 bridgehead atoms. The van der Waals surface area contributed by atoms with Gasteiger partial charge in [0, 0.05) is 39.3 Å². The van der Waals surface area contributed by atoms with Crippen LogP contribution in [0.15, 0.2) is 388 Å². The fourth-order valence-corrected chi connectivity index (χ4v) is 27.2. The molecule has 0 saturated carbocycles. The molecule has 3 aliphatic rings. The van der Waals surface area contributed by atoms with Crippen LogP contribution in [-0.4, -0.2) is 35.7 Å². The molecular weight excluding hydrogens is 1250 g/mol. The van der Waals surface area contributed by atoms with Crippen molar-refractivity contribution in [3.05, 3.63) is 422 Å². The molecule has 3 aliphatic carbocycles. The van der Waals surface area contributed by atoms with Crippen LogP contribution in [0.3, 0.4) is 0 Å². The van der Waals surface area contributed by atoms with Gasteiger partial charge < -0.3 is 4.57 Å². The molecule has 20 rings (SSSR count). The maximum absolute atomic E-state index is 5.69. The zero-order chi connectivity index (χ0) is 66.9. The lowest BCUT2D eigenvalue weighted by atomic mass is 9.60. The highest BCUT2D eigenvalue weighted by molar-refractivity contribution is 7.20. The second-order valence-corrected chi connectivity index (χ2v) is 34.3. The fraction of sp³-hybridized carbons (Fsp3) is 0.0211. The first-order valence-electron chi connectivity index (χ1n) is 35.0. The molecular formula is C95H66N4Si2. The highest BCUT2D eigenvalue weighted by Gasteiger charge is 2.50. The smallest absolute Gasteiger partial charge is 0.179 e. The van der Waals surface area contributed by atoms with Gasteiger partial charge in [-0.25, -0.2) is 15.0 Å². The Labute approximate surface area is 590 Å². The summed E-state index contributed by atoms with van der Waals surface area (Å²) >= 11 is 0. The fourth-order valence-electron chi connectivity index (χ4n) is 17.4. The van der Waals surface area contributed by atoms with Gasteiger partial charge in [-0.2, -0.15) is 0 Å². The molecule has 0 fully saturated rings. The van der Waals surface area contributed by atoms with Crippen molar-refractivity contribution in [2.75, 3.05) is 0 Å². The van der Waals surface area contributed by atoms with Crippen LogP contribution < -0.4 is 41.5 Å². The summed E-state index contributed by atoms with van der Waals surface area (Å²) in [6.07, 6.45) is 0. The van der Waals surface area contributed by atoms with E-state index in [0.717, 1.165) is 39.0 Å². The molecule has 0 N–H and O–H groups in total. The van der Waals surface area contributed by atoms with E-state index < -0.39 is 16.1 Å². The van der Waals surface area contributed by atoms with Crippen molar-refractivity contribution in [3.8, 4) is 62.1 Å². The van der Waals surface area contributed by atoms with Gasteiger partial charge in [0.15, 0.2) is 33.6 Å². The molecule has 2 atom stereocenters. The topological polar surface area (TPSA) is 43.6 Å². The van der Waals surface area contributed by atoms with E-state index in [1.54, 1.807) is 0 Å². The number of nitrogens with zero attached hydrogens (tertiary/aromatic N) is 4. The summed E-state index contributed by atoms with van der Waals surface area (Å²) in [4.78, 5) is 17.1. The molecule has 2 heterocycles. The molecule has 0 spiro atoms. The van der Waals surface area contributed by atoms with Gasteiger partial charge in [-0.1, -0.05) is 358 Å². The minimum absolute atomic E-state index is 0.00432. The number of hydrogen-bond acceptors (Lipinski definition) is 3. The maximum Gasteiger partial charge on any atom is 0.179 e. The van der Waals surface area contributed by atoms with Crippen molar-refractivity contribution in [2.24, 2.45) is 0 Å². The molecule has 0 radical (unpaired) electrons. The Bertz CT molecular complexity index is 5790. The second-order valence-electron chi connectivity index (χ2n) is 26.7. The average molecular weight is 1320 g/mol. The van der Waals surface area contributed by atoms with Gasteiger partial charge in [0.1, 0.15) is 0 Å². The van der Waals surface area contributed by atoms with E-state index in [1.807, 2.05) is 0 Å². The number of rotatable bonds is 14. The first-order valence-corrected chi connectivity index (χ1v) is 39.0. The monoisotopic (exact) mass is 1320 g/mol. The lowest BCUT2D eigenvalue weighted by molar-refractivity contribution is 0.760. The summed E-state index contributed by atoms with van der Waals surface area (Å²) in [7, 11) is -6.16. The largest absolute Gasteiger partial charge is 0.309 e. The molecule has 2 unspecified atom stereocenters. The Hall–Kier alpha value is -12.5. The van der Waals surface area contributed by atoms with Crippen molar-refractivity contribution in [1.82, 2.24) is 19.5 Å². The van der Waals surface area contributed by atoms with Crippen LogP contribution >= 0.6 is 0 Å². The molecule has 0 saturated heterocycles.